The highest BCUT2D eigenvalue weighted by Crippen LogP contribution is 2.24. The standard InChI is InChI=1S/C22H21BrN6O5/c1-13-20(14(2)28(25-13)10-15-5-4-6-16(9-15)33-3)24-22(30)19-8-7-17(34-19)11-27-12-18(23)21(26-27)29(31)32/h4-9,12H,10-11H2,1-3H3,(H,24,30). The lowest BCUT2D eigenvalue weighted by Gasteiger charge is -2.08. The summed E-state index contributed by atoms with van der Waals surface area (Å²) in [6.07, 6.45) is 1.48. The minimum Gasteiger partial charge on any atom is -0.497 e. The maximum Gasteiger partial charge on any atom is 0.404 e. The van der Waals surface area contributed by atoms with Crippen molar-refractivity contribution in [2.45, 2.75) is 26.9 Å². The van der Waals surface area contributed by atoms with Crippen LogP contribution in [0, 0.1) is 24.0 Å². The predicted molar refractivity (Wildman–Crippen MR) is 126 cm³/mol. The molecular weight excluding hydrogens is 508 g/mol. The summed E-state index contributed by atoms with van der Waals surface area (Å²) in [5.41, 5.74) is 3.10. The van der Waals surface area contributed by atoms with Crippen molar-refractivity contribution in [1.29, 1.82) is 0 Å². The number of nitro groups is 1. The molecule has 1 N–H and O–H groups in total. The van der Waals surface area contributed by atoms with E-state index in [0.29, 0.717) is 23.7 Å². The number of hydrogen-bond acceptors (Lipinski definition) is 7. The van der Waals surface area contributed by atoms with Gasteiger partial charge in [-0.15, -0.1) is 0 Å². The number of carbonyl (C=O) groups is 1. The summed E-state index contributed by atoms with van der Waals surface area (Å²) in [5.74, 6) is 0.581. The lowest BCUT2D eigenvalue weighted by Crippen LogP contribution is -2.12. The van der Waals surface area contributed by atoms with Crippen LogP contribution in [0.25, 0.3) is 0 Å². The van der Waals surface area contributed by atoms with E-state index in [1.165, 1.54) is 10.9 Å². The van der Waals surface area contributed by atoms with Gasteiger partial charge in [0.05, 0.1) is 42.0 Å². The van der Waals surface area contributed by atoms with Gasteiger partial charge in [-0.2, -0.15) is 9.78 Å². The zero-order valence-electron chi connectivity index (χ0n) is 18.6. The molecule has 0 saturated heterocycles. The van der Waals surface area contributed by atoms with Crippen LogP contribution in [-0.2, 0) is 13.1 Å². The molecule has 0 unspecified atom stereocenters. The van der Waals surface area contributed by atoms with E-state index >= 15 is 0 Å². The topological polar surface area (TPSA) is 130 Å². The van der Waals surface area contributed by atoms with E-state index < -0.39 is 10.8 Å². The highest BCUT2D eigenvalue weighted by molar-refractivity contribution is 9.10. The number of aromatic nitrogens is 4. The van der Waals surface area contributed by atoms with Crippen molar-refractivity contribution < 1.29 is 18.9 Å². The van der Waals surface area contributed by atoms with E-state index in [1.54, 1.807) is 19.2 Å². The number of amides is 1. The third-order valence-electron chi connectivity index (χ3n) is 5.16. The maximum atomic E-state index is 12.8. The second-order valence-electron chi connectivity index (χ2n) is 7.53. The van der Waals surface area contributed by atoms with Gasteiger partial charge in [-0.1, -0.05) is 12.1 Å². The van der Waals surface area contributed by atoms with E-state index in [1.807, 2.05) is 42.8 Å². The van der Waals surface area contributed by atoms with E-state index in [4.69, 9.17) is 9.15 Å². The Morgan fingerprint density at radius 3 is 2.74 bits per heavy atom. The molecule has 0 fully saturated rings. The van der Waals surface area contributed by atoms with Crippen LogP contribution in [-0.4, -0.2) is 37.5 Å². The van der Waals surface area contributed by atoms with Gasteiger partial charge in [0.2, 0.25) is 0 Å². The van der Waals surface area contributed by atoms with E-state index in [2.05, 4.69) is 31.4 Å². The Bertz CT molecular complexity index is 1370. The Morgan fingerprint density at radius 1 is 1.24 bits per heavy atom. The molecule has 0 spiro atoms. The third kappa shape index (κ3) is 4.86. The van der Waals surface area contributed by atoms with Crippen molar-refractivity contribution in [3.05, 3.63) is 85.7 Å². The number of ether oxygens (including phenoxy) is 1. The molecule has 1 aromatic carbocycles. The molecule has 3 heterocycles. The summed E-state index contributed by atoms with van der Waals surface area (Å²) in [7, 11) is 1.62. The smallest absolute Gasteiger partial charge is 0.404 e. The zero-order valence-corrected chi connectivity index (χ0v) is 20.2. The molecule has 1 amide bonds. The minimum absolute atomic E-state index is 0.107. The first kappa shape index (κ1) is 23.2. The van der Waals surface area contributed by atoms with Gasteiger partial charge < -0.3 is 24.6 Å². The molecule has 176 valence electrons. The highest BCUT2D eigenvalue weighted by atomic mass is 79.9. The van der Waals surface area contributed by atoms with Crippen LogP contribution in [0.4, 0.5) is 11.5 Å². The van der Waals surface area contributed by atoms with E-state index in [9.17, 15) is 14.9 Å². The summed E-state index contributed by atoms with van der Waals surface area (Å²) >= 11 is 3.11. The summed E-state index contributed by atoms with van der Waals surface area (Å²) < 4.78 is 14.4. The number of anilines is 1. The summed E-state index contributed by atoms with van der Waals surface area (Å²) in [5, 5.41) is 22.3. The van der Waals surface area contributed by atoms with Crippen molar-refractivity contribution in [3.8, 4) is 5.75 Å². The van der Waals surface area contributed by atoms with Crippen LogP contribution in [0.5, 0.6) is 5.75 Å². The molecule has 3 aromatic heterocycles. The number of rotatable bonds is 8. The first-order valence-electron chi connectivity index (χ1n) is 10.2. The molecule has 0 saturated carbocycles. The number of benzene rings is 1. The molecular formula is C22H21BrN6O5. The third-order valence-corrected chi connectivity index (χ3v) is 5.72. The number of nitrogens with one attached hydrogen (secondary N) is 1. The van der Waals surface area contributed by atoms with Gasteiger partial charge in [-0.3, -0.25) is 9.48 Å². The largest absolute Gasteiger partial charge is 0.497 e. The second-order valence-corrected chi connectivity index (χ2v) is 8.38. The second kappa shape index (κ2) is 9.51. The first-order valence-corrected chi connectivity index (χ1v) is 11.0. The number of aryl methyl sites for hydroxylation is 1. The Kier molecular flexibility index (Phi) is 6.50. The SMILES string of the molecule is COc1cccc(Cn2nc(C)c(NC(=O)c3ccc(Cn4cc(Br)c([N+](=O)[O-])n4)o3)c2C)c1. The van der Waals surface area contributed by atoms with Crippen LogP contribution < -0.4 is 10.1 Å². The number of carbonyl (C=O) groups excluding carboxylic acids is 1. The van der Waals surface area contributed by atoms with Crippen molar-refractivity contribution in [2.75, 3.05) is 12.4 Å². The average Bonchev–Trinajstić information content (AvgIpc) is 3.49. The van der Waals surface area contributed by atoms with Crippen LogP contribution in [0.3, 0.4) is 0 Å². The molecule has 4 aromatic rings. The van der Waals surface area contributed by atoms with Gasteiger partial charge in [0.1, 0.15) is 22.5 Å². The summed E-state index contributed by atoms with van der Waals surface area (Å²) in [4.78, 5) is 23.2. The fourth-order valence-corrected chi connectivity index (χ4v) is 3.95. The van der Waals surface area contributed by atoms with Crippen molar-refractivity contribution >= 4 is 33.3 Å². The van der Waals surface area contributed by atoms with Gasteiger partial charge in [-0.05, 0) is 64.5 Å². The highest BCUT2D eigenvalue weighted by Gasteiger charge is 2.21. The van der Waals surface area contributed by atoms with Crippen LogP contribution in [0.1, 0.15) is 33.3 Å². The number of hydrogen-bond donors (Lipinski definition) is 1. The van der Waals surface area contributed by atoms with E-state index in [-0.39, 0.29) is 22.6 Å². The van der Waals surface area contributed by atoms with Crippen LogP contribution in [0.2, 0.25) is 0 Å². The minimum atomic E-state index is -0.583. The number of halogens is 1. The quantitative estimate of drug-likeness (QED) is 0.266. The fraction of sp³-hybridized carbons (Fsp3) is 0.227. The number of furan rings is 1. The molecule has 0 atom stereocenters. The lowest BCUT2D eigenvalue weighted by atomic mass is 10.2. The summed E-state index contributed by atoms with van der Waals surface area (Å²) in [6, 6.07) is 10.9. The number of nitrogens with zero attached hydrogens (tertiary/aromatic N) is 5. The monoisotopic (exact) mass is 528 g/mol. The van der Waals surface area contributed by atoms with Gasteiger partial charge in [-0.25, -0.2) is 0 Å². The molecule has 0 aliphatic heterocycles. The normalized spacial score (nSPS) is 10.9. The Balaban J connectivity index is 1.46. The van der Waals surface area contributed by atoms with Gasteiger partial charge in [0, 0.05) is 0 Å². The molecule has 0 bridgehead atoms. The molecule has 12 heteroatoms. The van der Waals surface area contributed by atoms with Crippen LogP contribution >= 0.6 is 15.9 Å². The average molecular weight is 529 g/mol. The van der Waals surface area contributed by atoms with Crippen molar-refractivity contribution in [2.24, 2.45) is 0 Å². The molecule has 4 rings (SSSR count). The number of methoxy groups -OCH3 is 1. The van der Waals surface area contributed by atoms with Crippen molar-refractivity contribution in [3.63, 3.8) is 0 Å². The molecule has 0 radical (unpaired) electrons. The lowest BCUT2D eigenvalue weighted by molar-refractivity contribution is -0.390. The summed E-state index contributed by atoms with van der Waals surface area (Å²) in [6.45, 7) is 4.36. The first-order chi connectivity index (χ1) is 16.2. The van der Waals surface area contributed by atoms with Gasteiger partial charge in [0.15, 0.2) is 5.76 Å². The molecule has 0 aliphatic rings. The fourth-order valence-electron chi connectivity index (χ4n) is 3.49. The van der Waals surface area contributed by atoms with Crippen molar-refractivity contribution in [1.82, 2.24) is 19.6 Å². The molecule has 34 heavy (non-hydrogen) atoms. The molecule has 0 aliphatic carbocycles. The Hall–Kier alpha value is -3.93. The predicted octanol–water partition coefficient (Wildman–Crippen LogP) is 4.32. The van der Waals surface area contributed by atoms with Gasteiger partial charge >= 0.3 is 5.82 Å². The van der Waals surface area contributed by atoms with Crippen LogP contribution in [0.15, 0.2) is 51.5 Å². The Labute approximate surface area is 202 Å². The maximum absolute atomic E-state index is 12.8. The molecule has 11 nitrogen and oxygen atoms in total. The van der Waals surface area contributed by atoms with E-state index in [0.717, 1.165) is 17.0 Å². The zero-order chi connectivity index (χ0) is 24.4. The van der Waals surface area contributed by atoms with Gasteiger partial charge in [0.25, 0.3) is 5.91 Å². The Morgan fingerprint density at radius 2 is 2.03 bits per heavy atom.